The Morgan fingerprint density at radius 1 is 1.23 bits per heavy atom. The predicted molar refractivity (Wildman–Crippen MR) is 76.0 cm³/mol. The van der Waals surface area contributed by atoms with Gasteiger partial charge in [-0.3, -0.25) is 14.9 Å². The van der Waals surface area contributed by atoms with Crippen molar-refractivity contribution < 1.29 is 14.8 Å². The summed E-state index contributed by atoms with van der Waals surface area (Å²) in [6, 6.07) is 6.01. The van der Waals surface area contributed by atoms with E-state index < -0.39 is 10.9 Å². The number of aromatic nitrogens is 4. The van der Waals surface area contributed by atoms with E-state index in [1.807, 2.05) is 0 Å². The van der Waals surface area contributed by atoms with Gasteiger partial charge in [0, 0.05) is 30.7 Å². The van der Waals surface area contributed by atoms with Crippen molar-refractivity contribution in [3.63, 3.8) is 0 Å². The molecule has 9 heteroatoms. The number of tetrazole rings is 1. The Morgan fingerprint density at radius 2 is 1.95 bits per heavy atom. The summed E-state index contributed by atoms with van der Waals surface area (Å²) in [5, 5.41) is 30.6. The Labute approximate surface area is 125 Å². The average Bonchev–Trinajstić information content (AvgIpc) is 2.95. The van der Waals surface area contributed by atoms with Crippen molar-refractivity contribution in [3.8, 4) is 11.4 Å². The minimum Gasteiger partial charge on any atom is -0.481 e. The van der Waals surface area contributed by atoms with Crippen molar-refractivity contribution in [2.24, 2.45) is 0 Å². The highest BCUT2D eigenvalue weighted by Crippen LogP contribution is 2.20. The zero-order valence-electron chi connectivity index (χ0n) is 11.8. The number of aliphatic carboxylic acids is 1. The Bertz CT molecular complexity index is 653. The van der Waals surface area contributed by atoms with E-state index in [1.165, 1.54) is 12.1 Å². The number of nitrogens with zero attached hydrogens (tertiary/aromatic N) is 5. The molecule has 9 nitrogen and oxygen atoms in total. The van der Waals surface area contributed by atoms with Crippen molar-refractivity contribution >= 4 is 11.7 Å². The summed E-state index contributed by atoms with van der Waals surface area (Å²) < 4.78 is 1.61. The fourth-order valence-corrected chi connectivity index (χ4v) is 2.01. The van der Waals surface area contributed by atoms with E-state index in [0.29, 0.717) is 24.4 Å². The maximum Gasteiger partial charge on any atom is 0.303 e. The molecule has 0 aliphatic heterocycles. The van der Waals surface area contributed by atoms with Crippen molar-refractivity contribution in [3.05, 3.63) is 34.4 Å². The zero-order valence-corrected chi connectivity index (χ0v) is 11.8. The van der Waals surface area contributed by atoms with Gasteiger partial charge in [0.1, 0.15) is 0 Å². The molecule has 0 aliphatic carbocycles. The molecule has 0 fully saturated rings. The summed E-state index contributed by atoms with van der Waals surface area (Å²) >= 11 is 0. The molecule has 0 amide bonds. The van der Waals surface area contributed by atoms with Gasteiger partial charge in [-0.25, -0.2) is 4.68 Å². The van der Waals surface area contributed by atoms with E-state index in [-0.39, 0.29) is 12.1 Å². The van der Waals surface area contributed by atoms with Gasteiger partial charge in [-0.15, -0.1) is 5.10 Å². The number of carboxylic acids is 1. The van der Waals surface area contributed by atoms with E-state index in [4.69, 9.17) is 5.11 Å². The second-order valence-electron chi connectivity index (χ2n) is 4.73. The predicted octanol–water partition coefficient (Wildman–Crippen LogP) is 1.89. The van der Waals surface area contributed by atoms with Crippen LogP contribution in [0.15, 0.2) is 24.3 Å². The standard InChI is InChI=1S/C13H15N5O4/c19-12(20)4-2-1-3-9-17-13(14-15-16-17)10-5-7-11(8-6-10)18(21)22/h5-8H,1-4,9H2,(H,19,20). The molecule has 0 saturated heterocycles. The van der Waals surface area contributed by atoms with Crippen LogP contribution in [-0.4, -0.2) is 36.2 Å². The van der Waals surface area contributed by atoms with E-state index in [0.717, 1.165) is 12.8 Å². The average molecular weight is 305 g/mol. The van der Waals surface area contributed by atoms with Gasteiger partial charge >= 0.3 is 5.97 Å². The monoisotopic (exact) mass is 305 g/mol. The summed E-state index contributed by atoms with van der Waals surface area (Å²) in [4.78, 5) is 20.6. The smallest absolute Gasteiger partial charge is 0.303 e. The molecule has 2 rings (SSSR count). The number of nitro groups is 1. The Hall–Kier alpha value is -2.84. The first-order valence-corrected chi connectivity index (χ1v) is 6.80. The summed E-state index contributed by atoms with van der Waals surface area (Å²) in [6.07, 6.45) is 2.30. The van der Waals surface area contributed by atoms with Gasteiger partial charge in [0.25, 0.3) is 5.69 Å². The third kappa shape index (κ3) is 4.08. The van der Waals surface area contributed by atoms with Crippen molar-refractivity contribution in [2.45, 2.75) is 32.2 Å². The van der Waals surface area contributed by atoms with Gasteiger partial charge in [0.05, 0.1) is 4.92 Å². The third-order valence-corrected chi connectivity index (χ3v) is 3.13. The lowest BCUT2D eigenvalue weighted by Gasteiger charge is -2.04. The second-order valence-corrected chi connectivity index (χ2v) is 4.73. The number of carbonyl (C=O) groups is 1. The SMILES string of the molecule is O=C(O)CCCCCn1nnnc1-c1ccc([N+](=O)[O-])cc1. The second kappa shape index (κ2) is 7.25. The van der Waals surface area contributed by atoms with E-state index in [2.05, 4.69) is 15.5 Å². The minimum atomic E-state index is -0.797. The minimum absolute atomic E-state index is 0.0106. The highest BCUT2D eigenvalue weighted by atomic mass is 16.6. The Kier molecular flexibility index (Phi) is 5.12. The number of nitro benzene ring substituents is 1. The maximum absolute atomic E-state index is 10.6. The number of hydrogen-bond donors (Lipinski definition) is 1. The number of aryl methyl sites for hydroxylation is 1. The van der Waals surface area contributed by atoms with Crippen LogP contribution in [0.2, 0.25) is 0 Å². The first-order chi connectivity index (χ1) is 10.6. The molecule has 2 aromatic rings. The van der Waals surface area contributed by atoms with Crippen LogP contribution in [0.5, 0.6) is 0 Å². The molecule has 1 aromatic carbocycles. The molecule has 0 aliphatic rings. The normalized spacial score (nSPS) is 10.5. The molecule has 0 radical (unpaired) electrons. The number of carboxylic acid groups (broad SMARTS) is 1. The van der Waals surface area contributed by atoms with Gasteiger partial charge in [-0.1, -0.05) is 6.42 Å². The van der Waals surface area contributed by atoms with Crippen molar-refractivity contribution in [1.82, 2.24) is 20.2 Å². The molecule has 116 valence electrons. The quantitative estimate of drug-likeness (QED) is 0.448. The van der Waals surface area contributed by atoms with Gasteiger partial charge in [0.15, 0.2) is 5.82 Å². The van der Waals surface area contributed by atoms with Crippen LogP contribution in [0.1, 0.15) is 25.7 Å². The number of rotatable bonds is 8. The summed E-state index contributed by atoms with van der Waals surface area (Å²) in [7, 11) is 0. The molecule has 1 N–H and O–H groups in total. The first-order valence-electron chi connectivity index (χ1n) is 6.80. The molecule has 1 aromatic heterocycles. The molecule has 0 bridgehead atoms. The van der Waals surface area contributed by atoms with Crippen molar-refractivity contribution in [2.75, 3.05) is 0 Å². The van der Waals surface area contributed by atoms with Crippen LogP contribution in [0.4, 0.5) is 5.69 Å². The highest BCUT2D eigenvalue weighted by Gasteiger charge is 2.11. The molecule has 1 heterocycles. The topological polar surface area (TPSA) is 124 Å². The number of non-ortho nitro benzene ring substituents is 1. The molecule has 0 atom stereocenters. The fourth-order valence-electron chi connectivity index (χ4n) is 2.01. The van der Waals surface area contributed by atoms with Crippen LogP contribution in [0, 0.1) is 10.1 Å². The first kappa shape index (κ1) is 15.5. The maximum atomic E-state index is 10.6. The van der Waals surface area contributed by atoms with Gasteiger partial charge in [-0.05, 0) is 35.4 Å². The molecule has 22 heavy (non-hydrogen) atoms. The van der Waals surface area contributed by atoms with Crippen LogP contribution in [0.3, 0.4) is 0 Å². The van der Waals surface area contributed by atoms with Crippen LogP contribution in [0.25, 0.3) is 11.4 Å². The fraction of sp³-hybridized carbons (Fsp3) is 0.385. The lowest BCUT2D eigenvalue weighted by molar-refractivity contribution is -0.384. The molecule has 0 spiro atoms. The summed E-state index contributed by atoms with van der Waals surface area (Å²) in [5.74, 6) is -0.262. The van der Waals surface area contributed by atoms with Gasteiger partial charge in [-0.2, -0.15) is 0 Å². The van der Waals surface area contributed by atoms with E-state index in [9.17, 15) is 14.9 Å². The highest BCUT2D eigenvalue weighted by molar-refractivity contribution is 5.66. The molecule has 0 unspecified atom stereocenters. The van der Waals surface area contributed by atoms with Crippen molar-refractivity contribution in [1.29, 1.82) is 0 Å². The third-order valence-electron chi connectivity index (χ3n) is 3.13. The van der Waals surface area contributed by atoms with Gasteiger partial charge in [0.2, 0.25) is 0 Å². The molecular weight excluding hydrogens is 290 g/mol. The Balaban J connectivity index is 1.97. The number of hydrogen-bond acceptors (Lipinski definition) is 6. The largest absolute Gasteiger partial charge is 0.481 e. The summed E-state index contributed by atoms with van der Waals surface area (Å²) in [6.45, 7) is 0.568. The van der Waals surface area contributed by atoms with E-state index >= 15 is 0 Å². The number of unbranched alkanes of at least 4 members (excludes halogenated alkanes) is 2. The zero-order chi connectivity index (χ0) is 15.9. The van der Waals surface area contributed by atoms with Crippen LogP contribution < -0.4 is 0 Å². The molecule has 0 saturated carbocycles. The lowest BCUT2D eigenvalue weighted by atomic mass is 10.2. The van der Waals surface area contributed by atoms with Crippen LogP contribution >= 0.6 is 0 Å². The Morgan fingerprint density at radius 3 is 2.59 bits per heavy atom. The molecular formula is C13H15N5O4. The number of benzene rings is 1. The summed E-state index contributed by atoms with van der Waals surface area (Å²) in [5.41, 5.74) is 0.706. The van der Waals surface area contributed by atoms with Gasteiger partial charge < -0.3 is 5.11 Å². The van der Waals surface area contributed by atoms with E-state index in [1.54, 1.807) is 16.8 Å². The van der Waals surface area contributed by atoms with Crippen LogP contribution in [-0.2, 0) is 11.3 Å². The lowest BCUT2D eigenvalue weighted by Crippen LogP contribution is -2.03.